The predicted molar refractivity (Wildman–Crippen MR) is 113 cm³/mol. The number of carbonyl (C=O) groups excluding carboxylic acids is 1. The Morgan fingerprint density at radius 3 is 2.52 bits per heavy atom. The number of aryl methyl sites for hydroxylation is 1. The lowest BCUT2D eigenvalue weighted by atomic mass is 10.2. The van der Waals surface area contributed by atoms with Gasteiger partial charge in [-0.05, 0) is 30.7 Å². The summed E-state index contributed by atoms with van der Waals surface area (Å²) in [6.45, 7) is 2.28. The highest BCUT2D eigenvalue weighted by Gasteiger charge is 2.18. The van der Waals surface area contributed by atoms with Crippen molar-refractivity contribution in [1.82, 2.24) is 14.8 Å². The largest absolute Gasteiger partial charge is 0.296 e. The van der Waals surface area contributed by atoms with Crippen LogP contribution in [-0.2, 0) is 16.4 Å². The van der Waals surface area contributed by atoms with Crippen molar-refractivity contribution < 1.29 is 13.2 Å². The number of rotatable bonds is 5. The summed E-state index contributed by atoms with van der Waals surface area (Å²) in [5, 5.41) is 10.5. The molecule has 4 rings (SSSR count). The average molecular weight is 427 g/mol. The molecule has 0 saturated carbocycles. The molecular weight excluding hydrogens is 408 g/mol. The Balaban J connectivity index is 1.66. The number of anilines is 1. The molecule has 0 atom stereocenters. The van der Waals surface area contributed by atoms with Crippen molar-refractivity contribution in [3.05, 3.63) is 70.9 Å². The summed E-state index contributed by atoms with van der Waals surface area (Å²) in [6.07, 6.45) is 1.18. The van der Waals surface area contributed by atoms with E-state index in [0.29, 0.717) is 17.4 Å². The fourth-order valence-corrected chi connectivity index (χ4v) is 4.31. The van der Waals surface area contributed by atoms with E-state index in [4.69, 9.17) is 0 Å². The van der Waals surface area contributed by atoms with E-state index in [0.717, 1.165) is 22.2 Å². The van der Waals surface area contributed by atoms with Gasteiger partial charge in [-0.15, -0.1) is 11.3 Å². The minimum absolute atomic E-state index is 0.269. The van der Waals surface area contributed by atoms with Gasteiger partial charge in [0.25, 0.3) is 5.91 Å². The zero-order valence-corrected chi connectivity index (χ0v) is 17.4. The molecule has 9 heteroatoms. The molecule has 29 heavy (non-hydrogen) atoms. The van der Waals surface area contributed by atoms with Crippen molar-refractivity contribution in [2.45, 2.75) is 18.4 Å². The summed E-state index contributed by atoms with van der Waals surface area (Å²) >= 11 is 1.36. The Hall–Kier alpha value is -3.04. The molecule has 4 aromatic rings. The number of para-hydroxylation sites is 1. The number of benzene rings is 2. The minimum Gasteiger partial charge on any atom is -0.296 e. The van der Waals surface area contributed by atoms with Crippen LogP contribution in [-0.4, -0.2) is 35.3 Å². The third kappa shape index (κ3) is 4.06. The third-order valence-corrected chi connectivity index (χ3v) is 6.40. The van der Waals surface area contributed by atoms with E-state index in [9.17, 15) is 13.2 Å². The number of nitrogens with one attached hydrogen (secondary N) is 1. The smallest absolute Gasteiger partial charge is 0.278 e. The van der Waals surface area contributed by atoms with Gasteiger partial charge in [0.2, 0.25) is 0 Å². The van der Waals surface area contributed by atoms with E-state index < -0.39 is 9.84 Å². The normalized spacial score (nSPS) is 11.7. The van der Waals surface area contributed by atoms with Crippen LogP contribution in [0.15, 0.2) is 58.8 Å². The molecule has 2 aromatic heterocycles. The van der Waals surface area contributed by atoms with Crippen LogP contribution in [0.1, 0.15) is 21.7 Å². The fourth-order valence-electron chi connectivity index (χ4n) is 3.00. The van der Waals surface area contributed by atoms with Crippen molar-refractivity contribution in [2.24, 2.45) is 0 Å². The molecule has 0 aliphatic heterocycles. The molecule has 1 N–H and O–H groups in total. The highest BCUT2D eigenvalue weighted by Crippen LogP contribution is 2.22. The van der Waals surface area contributed by atoms with Crippen LogP contribution in [0.5, 0.6) is 0 Å². The summed E-state index contributed by atoms with van der Waals surface area (Å²) < 4.78 is 25.0. The summed E-state index contributed by atoms with van der Waals surface area (Å²) in [5.41, 5.74) is 2.87. The summed E-state index contributed by atoms with van der Waals surface area (Å²) in [6, 6.07) is 14.2. The zero-order valence-electron chi connectivity index (χ0n) is 15.8. The molecule has 7 nitrogen and oxygen atoms in total. The Morgan fingerprint density at radius 1 is 1.14 bits per heavy atom. The van der Waals surface area contributed by atoms with Gasteiger partial charge in [0.1, 0.15) is 0 Å². The maximum absolute atomic E-state index is 12.8. The monoisotopic (exact) mass is 426 g/mol. The van der Waals surface area contributed by atoms with Crippen LogP contribution >= 0.6 is 11.3 Å². The predicted octanol–water partition coefficient (Wildman–Crippen LogP) is 3.51. The van der Waals surface area contributed by atoms with E-state index >= 15 is 0 Å². The molecule has 148 valence electrons. The molecule has 0 saturated heterocycles. The number of amides is 1. The first kappa shape index (κ1) is 19.3. The van der Waals surface area contributed by atoms with E-state index in [-0.39, 0.29) is 10.8 Å². The average Bonchev–Trinajstić information content (AvgIpc) is 3.25. The molecule has 2 heterocycles. The molecular formula is C20H18N4O3S2. The number of hydrogen-bond acceptors (Lipinski definition) is 6. The number of sulfone groups is 1. The van der Waals surface area contributed by atoms with E-state index in [1.807, 2.05) is 36.6 Å². The Kier molecular flexibility index (Phi) is 4.93. The number of hydrogen-bond donors (Lipinski definition) is 1. The molecule has 0 unspecified atom stereocenters. The highest BCUT2D eigenvalue weighted by atomic mass is 32.2. The number of aromatic nitrogens is 3. The third-order valence-electron chi connectivity index (χ3n) is 4.40. The van der Waals surface area contributed by atoms with Crippen molar-refractivity contribution in [3.8, 4) is 0 Å². The topological polar surface area (TPSA) is 94.0 Å². The SMILES string of the molecule is Cc1csc(NC(=O)c2nn(Cc3ccc(S(C)(=O)=O)cc3)c3ccccc23)n1. The fraction of sp³-hybridized carbons (Fsp3) is 0.150. The Labute approximate surface area is 171 Å². The van der Waals surface area contributed by atoms with Crippen molar-refractivity contribution in [1.29, 1.82) is 0 Å². The molecule has 2 aromatic carbocycles. The van der Waals surface area contributed by atoms with Gasteiger partial charge in [0, 0.05) is 17.0 Å². The second-order valence-electron chi connectivity index (χ2n) is 6.69. The highest BCUT2D eigenvalue weighted by molar-refractivity contribution is 7.90. The lowest BCUT2D eigenvalue weighted by Crippen LogP contribution is -2.13. The standard InChI is InChI=1S/C20H18N4O3S2/c1-13-12-28-20(21-13)22-19(25)18-16-5-3-4-6-17(16)24(23-18)11-14-7-9-15(10-8-14)29(2,26)27/h3-10,12H,11H2,1-2H3,(H,21,22,25). The first-order valence-corrected chi connectivity index (χ1v) is 11.6. The number of carbonyl (C=O) groups is 1. The van der Waals surface area contributed by atoms with Gasteiger partial charge in [0.05, 0.1) is 22.7 Å². The van der Waals surface area contributed by atoms with Crippen LogP contribution < -0.4 is 5.32 Å². The van der Waals surface area contributed by atoms with Gasteiger partial charge < -0.3 is 0 Å². The van der Waals surface area contributed by atoms with Crippen LogP contribution in [0.4, 0.5) is 5.13 Å². The van der Waals surface area contributed by atoms with Gasteiger partial charge in [-0.3, -0.25) is 14.8 Å². The number of nitrogens with zero attached hydrogens (tertiary/aromatic N) is 3. The second kappa shape index (κ2) is 7.41. The molecule has 0 spiro atoms. The summed E-state index contributed by atoms with van der Waals surface area (Å²) in [5.74, 6) is -0.318. The van der Waals surface area contributed by atoms with Gasteiger partial charge in [-0.1, -0.05) is 30.3 Å². The molecule has 0 aliphatic carbocycles. The van der Waals surface area contributed by atoms with Crippen LogP contribution in [0.25, 0.3) is 10.9 Å². The number of thiazole rings is 1. The molecule has 0 fully saturated rings. The van der Waals surface area contributed by atoms with Crippen LogP contribution in [0, 0.1) is 6.92 Å². The lowest BCUT2D eigenvalue weighted by molar-refractivity contribution is 0.102. The quantitative estimate of drug-likeness (QED) is 0.527. The number of fused-ring (bicyclic) bond motifs is 1. The zero-order chi connectivity index (χ0) is 20.6. The lowest BCUT2D eigenvalue weighted by Gasteiger charge is -2.05. The van der Waals surface area contributed by atoms with Crippen molar-refractivity contribution in [3.63, 3.8) is 0 Å². The molecule has 0 radical (unpaired) electrons. The first-order chi connectivity index (χ1) is 13.8. The second-order valence-corrected chi connectivity index (χ2v) is 9.56. The van der Waals surface area contributed by atoms with Gasteiger partial charge in [0.15, 0.2) is 20.7 Å². The molecule has 0 bridgehead atoms. The maximum Gasteiger partial charge on any atom is 0.278 e. The van der Waals surface area contributed by atoms with E-state index in [2.05, 4.69) is 15.4 Å². The molecule has 1 amide bonds. The van der Waals surface area contributed by atoms with Gasteiger partial charge in [-0.2, -0.15) is 5.10 Å². The van der Waals surface area contributed by atoms with Crippen LogP contribution in [0.3, 0.4) is 0 Å². The Morgan fingerprint density at radius 2 is 1.86 bits per heavy atom. The van der Waals surface area contributed by atoms with Crippen molar-refractivity contribution >= 4 is 43.1 Å². The van der Waals surface area contributed by atoms with Crippen molar-refractivity contribution in [2.75, 3.05) is 11.6 Å². The van der Waals surface area contributed by atoms with Crippen LogP contribution in [0.2, 0.25) is 0 Å². The van der Waals surface area contributed by atoms with E-state index in [1.54, 1.807) is 28.9 Å². The van der Waals surface area contributed by atoms with Gasteiger partial charge in [-0.25, -0.2) is 13.4 Å². The minimum atomic E-state index is -3.24. The van der Waals surface area contributed by atoms with E-state index in [1.165, 1.54) is 17.6 Å². The first-order valence-electron chi connectivity index (χ1n) is 8.79. The van der Waals surface area contributed by atoms with Gasteiger partial charge >= 0.3 is 0 Å². The summed E-state index contributed by atoms with van der Waals surface area (Å²) in [7, 11) is -3.24. The molecule has 0 aliphatic rings. The summed E-state index contributed by atoms with van der Waals surface area (Å²) in [4.78, 5) is 17.3. The Bertz CT molecular complexity index is 1310. The maximum atomic E-state index is 12.8.